The monoisotopic (exact) mass is 680 g/mol. The zero-order valence-corrected chi connectivity index (χ0v) is 27.1. The Morgan fingerprint density at radius 2 is 1.84 bits per heavy atom. The Hall–Kier alpha value is -3.66. The molecule has 10 heteroatoms. The maximum atomic E-state index is 14.0. The average molecular weight is 682 g/mol. The summed E-state index contributed by atoms with van der Waals surface area (Å²) in [4.78, 5) is 32.8. The fourth-order valence-corrected chi connectivity index (χ4v) is 6.42. The summed E-state index contributed by atoms with van der Waals surface area (Å²) in [6, 6.07) is 19.8. The van der Waals surface area contributed by atoms with Crippen molar-refractivity contribution >= 4 is 50.9 Å². The third-order valence-electron chi connectivity index (χ3n) is 6.88. The number of hydrogen-bond donors (Lipinski definition) is 0. The third kappa shape index (κ3) is 6.79. The molecule has 1 aliphatic heterocycles. The van der Waals surface area contributed by atoms with Crippen molar-refractivity contribution in [3.8, 4) is 11.5 Å². The van der Waals surface area contributed by atoms with Crippen molar-refractivity contribution in [1.29, 1.82) is 0 Å². The highest BCUT2D eigenvalue weighted by Gasteiger charge is 2.36. The second kappa shape index (κ2) is 13.8. The van der Waals surface area contributed by atoms with Crippen LogP contribution in [0.5, 0.6) is 11.5 Å². The fraction of sp³-hybridized carbons (Fsp3) is 0.242. The van der Waals surface area contributed by atoms with Crippen LogP contribution in [0.2, 0.25) is 5.02 Å². The number of aromatic nitrogens is 1. The quantitative estimate of drug-likeness (QED) is 0.177. The van der Waals surface area contributed by atoms with Gasteiger partial charge in [0.2, 0.25) is 0 Å². The molecule has 222 valence electrons. The van der Waals surface area contributed by atoms with Crippen molar-refractivity contribution in [1.82, 2.24) is 4.57 Å². The molecule has 0 unspecified atom stereocenters. The van der Waals surface area contributed by atoms with E-state index >= 15 is 0 Å². The Kier molecular flexibility index (Phi) is 9.85. The smallest absolute Gasteiger partial charge is 0.338 e. The number of benzene rings is 3. The predicted octanol–water partition coefficient (Wildman–Crippen LogP) is 6.58. The molecule has 5 rings (SSSR count). The highest BCUT2D eigenvalue weighted by molar-refractivity contribution is 9.10. The number of rotatable bonds is 10. The summed E-state index contributed by atoms with van der Waals surface area (Å²) in [6.07, 6.45) is 3.16. The minimum Gasteiger partial charge on any atom is -0.496 e. The van der Waals surface area contributed by atoms with Gasteiger partial charge in [-0.15, -0.1) is 0 Å². The first kappa shape index (κ1) is 30.8. The molecule has 7 nitrogen and oxygen atoms in total. The van der Waals surface area contributed by atoms with Gasteiger partial charge in [-0.3, -0.25) is 9.36 Å². The number of thiazole rings is 1. The molecule has 43 heavy (non-hydrogen) atoms. The number of esters is 1. The Bertz CT molecular complexity index is 1850. The fourth-order valence-electron chi connectivity index (χ4n) is 4.89. The van der Waals surface area contributed by atoms with Crippen LogP contribution >= 0.6 is 38.9 Å². The summed E-state index contributed by atoms with van der Waals surface area (Å²) in [7, 11) is 1.57. The summed E-state index contributed by atoms with van der Waals surface area (Å²) in [5, 5.41) is 0.680. The molecule has 0 spiro atoms. The van der Waals surface area contributed by atoms with Gasteiger partial charge >= 0.3 is 5.97 Å². The molecule has 1 atom stereocenters. The number of fused-ring (bicyclic) bond motifs is 1. The van der Waals surface area contributed by atoms with Crippen LogP contribution in [-0.2, 0) is 16.1 Å². The van der Waals surface area contributed by atoms with E-state index in [0.29, 0.717) is 55.7 Å². The Morgan fingerprint density at radius 3 is 2.51 bits per heavy atom. The zero-order valence-electron chi connectivity index (χ0n) is 23.9. The van der Waals surface area contributed by atoms with Crippen LogP contribution in [0, 0.1) is 0 Å². The second-order valence-electron chi connectivity index (χ2n) is 9.78. The Morgan fingerprint density at radius 1 is 1.09 bits per heavy atom. The molecule has 3 aromatic carbocycles. The van der Waals surface area contributed by atoms with Gasteiger partial charge in [0, 0.05) is 15.1 Å². The summed E-state index contributed by atoms with van der Waals surface area (Å²) in [5.41, 5.74) is 3.22. The van der Waals surface area contributed by atoms with Gasteiger partial charge < -0.3 is 14.2 Å². The molecule has 0 radical (unpaired) electrons. The van der Waals surface area contributed by atoms with Gasteiger partial charge in [0.05, 0.1) is 29.5 Å². The van der Waals surface area contributed by atoms with Crippen molar-refractivity contribution in [2.24, 2.45) is 4.99 Å². The van der Waals surface area contributed by atoms with Gasteiger partial charge in [-0.05, 0) is 73.0 Å². The van der Waals surface area contributed by atoms with Crippen molar-refractivity contribution in [3.63, 3.8) is 0 Å². The maximum absolute atomic E-state index is 14.0. The Balaban J connectivity index is 1.57. The minimum absolute atomic E-state index is 0.202. The number of hydrogen-bond acceptors (Lipinski definition) is 7. The van der Waals surface area contributed by atoms with Crippen LogP contribution in [-0.4, -0.2) is 24.3 Å². The number of allylic oxidation sites excluding steroid dienone is 1. The zero-order chi connectivity index (χ0) is 30.5. The minimum atomic E-state index is -0.768. The van der Waals surface area contributed by atoms with E-state index in [2.05, 4.69) is 15.9 Å². The van der Waals surface area contributed by atoms with E-state index < -0.39 is 12.0 Å². The van der Waals surface area contributed by atoms with Crippen molar-refractivity contribution in [2.75, 3.05) is 13.7 Å². The predicted molar refractivity (Wildman–Crippen MR) is 173 cm³/mol. The van der Waals surface area contributed by atoms with Crippen LogP contribution in [0.4, 0.5) is 0 Å². The van der Waals surface area contributed by atoms with Gasteiger partial charge in [0.25, 0.3) is 5.56 Å². The highest BCUT2D eigenvalue weighted by atomic mass is 79.9. The topological polar surface area (TPSA) is 79.1 Å². The summed E-state index contributed by atoms with van der Waals surface area (Å²) >= 11 is 10.8. The molecule has 0 amide bonds. The lowest BCUT2D eigenvalue weighted by Gasteiger charge is -2.27. The third-order valence-corrected chi connectivity index (χ3v) is 8.60. The Labute approximate surface area is 266 Å². The molecular formula is C33H30BrClN2O5S. The molecular weight excluding hydrogens is 652 g/mol. The highest BCUT2D eigenvalue weighted by Crippen LogP contribution is 2.38. The second-order valence-corrected chi connectivity index (χ2v) is 12.1. The summed E-state index contributed by atoms with van der Waals surface area (Å²) < 4.78 is 20.0. The van der Waals surface area contributed by atoms with Crippen LogP contribution in [0.1, 0.15) is 49.4 Å². The molecule has 0 saturated heterocycles. The van der Waals surface area contributed by atoms with Gasteiger partial charge in [-0.1, -0.05) is 76.5 Å². The standard InChI is InChI=1S/C33H30BrClN2O5S/c1-4-6-26-29(32(39)41-5-2)30(25-18-22(34)11-16-27(25)40-3)37-31(38)28(43-33(37)36-26)17-20-9-14-24(15-10-20)42-19-21-7-12-23(35)13-8-21/h7-18,30H,4-6,19H2,1-3H3/b28-17+/t30-/m1/s1. The first-order valence-corrected chi connectivity index (χ1v) is 15.8. The molecule has 0 fully saturated rings. The van der Waals surface area contributed by atoms with E-state index in [4.69, 9.17) is 30.8 Å². The normalized spacial score (nSPS) is 14.7. The van der Waals surface area contributed by atoms with Gasteiger partial charge in [-0.25, -0.2) is 9.79 Å². The van der Waals surface area contributed by atoms with E-state index in [-0.39, 0.29) is 12.2 Å². The van der Waals surface area contributed by atoms with Crippen LogP contribution in [0.25, 0.3) is 6.08 Å². The molecule has 0 aliphatic carbocycles. The average Bonchev–Trinajstić information content (AvgIpc) is 3.31. The van der Waals surface area contributed by atoms with E-state index in [1.165, 1.54) is 11.3 Å². The van der Waals surface area contributed by atoms with Gasteiger partial charge in [-0.2, -0.15) is 0 Å². The van der Waals surface area contributed by atoms with Gasteiger partial charge in [0.15, 0.2) is 4.80 Å². The molecule has 0 N–H and O–H groups in total. The van der Waals surface area contributed by atoms with Crippen molar-refractivity contribution < 1.29 is 19.0 Å². The number of methoxy groups -OCH3 is 1. The van der Waals surface area contributed by atoms with E-state index in [1.807, 2.05) is 79.7 Å². The lowest BCUT2D eigenvalue weighted by molar-refractivity contribution is -0.139. The van der Waals surface area contributed by atoms with E-state index in [0.717, 1.165) is 22.0 Å². The van der Waals surface area contributed by atoms with Crippen molar-refractivity contribution in [3.05, 3.63) is 124 Å². The van der Waals surface area contributed by atoms with Gasteiger partial charge in [0.1, 0.15) is 24.1 Å². The van der Waals surface area contributed by atoms with Crippen LogP contribution in [0.3, 0.4) is 0 Å². The SMILES string of the molecule is CCCC1=C(C(=O)OCC)[C@@H](c2cc(Br)ccc2OC)n2c(s/c(=C/c3ccc(OCc4ccc(Cl)cc4)cc3)c2=O)=N1. The summed E-state index contributed by atoms with van der Waals surface area (Å²) in [6.45, 7) is 4.40. The number of ether oxygens (including phenoxy) is 3. The maximum Gasteiger partial charge on any atom is 0.338 e. The molecule has 2 heterocycles. The van der Waals surface area contributed by atoms with E-state index in [9.17, 15) is 9.59 Å². The molecule has 0 bridgehead atoms. The summed E-state index contributed by atoms with van der Waals surface area (Å²) in [5.74, 6) is 0.764. The lowest BCUT2D eigenvalue weighted by Crippen LogP contribution is -2.40. The first-order chi connectivity index (χ1) is 20.8. The molecule has 4 aromatic rings. The number of carbonyl (C=O) groups is 1. The first-order valence-electron chi connectivity index (χ1n) is 13.9. The van der Waals surface area contributed by atoms with Crippen molar-refractivity contribution in [2.45, 2.75) is 39.3 Å². The number of halogens is 2. The largest absolute Gasteiger partial charge is 0.496 e. The molecule has 1 aliphatic rings. The van der Waals surface area contributed by atoms with Crippen LogP contribution < -0.4 is 24.4 Å². The lowest BCUT2D eigenvalue weighted by atomic mass is 9.93. The molecule has 0 saturated carbocycles. The molecule has 1 aromatic heterocycles. The van der Waals surface area contributed by atoms with Crippen LogP contribution in [0.15, 0.2) is 92.3 Å². The number of nitrogens with zero attached hydrogens (tertiary/aromatic N) is 2. The number of carbonyl (C=O) groups excluding carboxylic acids is 1. The van der Waals surface area contributed by atoms with E-state index in [1.54, 1.807) is 18.6 Å².